The van der Waals surface area contributed by atoms with Crippen LogP contribution in [-0.4, -0.2) is 40.1 Å². The number of H-pyrrole nitrogens is 2. The van der Waals surface area contributed by atoms with Gasteiger partial charge in [-0.25, -0.2) is 9.18 Å². The zero-order chi connectivity index (χ0) is 19.7. The average molecular weight is 383 g/mol. The van der Waals surface area contributed by atoms with Gasteiger partial charge in [0.05, 0.1) is 12.6 Å². The fourth-order valence-electron chi connectivity index (χ4n) is 3.17. The number of rotatable bonds is 5. The molecule has 9 heteroatoms. The summed E-state index contributed by atoms with van der Waals surface area (Å²) < 4.78 is 24.6. The summed E-state index contributed by atoms with van der Waals surface area (Å²) in [6.07, 6.45) is -0.0698. The summed E-state index contributed by atoms with van der Waals surface area (Å²) in [5.41, 5.74) is 3.48. The Hall–Kier alpha value is -3.62. The minimum absolute atomic E-state index is 0.331. The topological polar surface area (TPSA) is 105 Å². The molecule has 0 radical (unpaired) electrons. The molecular formula is C19H18FN5O3. The van der Waals surface area contributed by atoms with Crippen molar-refractivity contribution < 1.29 is 18.7 Å². The summed E-state index contributed by atoms with van der Waals surface area (Å²) in [6, 6.07) is 8.09. The van der Waals surface area contributed by atoms with Gasteiger partial charge in [0, 0.05) is 29.8 Å². The number of hydrogen-bond donors (Lipinski definition) is 3. The Bertz CT molecular complexity index is 1170. The molecule has 144 valence electrons. The first-order valence-corrected chi connectivity index (χ1v) is 8.66. The number of aromatic amines is 2. The molecule has 1 amide bonds. The molecule has 2 heterocycles. The third kappa shape index (κ3) is 3.34. The van der Waals surface area contributed by atoms with Crippen LogP contribution in [0.15, 0.2) is 30.3 Å². The molecule has 0 unspecified atom stereocenters. The van der Waals surface area contributed by atoms with Crippen LogP contribution in [0.25, 0.3) is 21.9 Å². The number of hydrogen-bond acceptors (Lipinski definition) is 5. The lowest BCUT2D eigenvalue weighted by molar-refractivity contribution is 0.200. The number of nitrogens with one attached hydrogen (secondary N) is 3. The lowest BCUT2D eigenvalue weighted by atomic mass is 10.1. The van der Waals surface area contributed by atoms with E-state index in [9.17, 15) is 9.18 Å². The van der Waals surface area contributed by atoms with Crippen molar-refractivity contribution >= 4 is 28.0 Å². The Morgan fingerprint density at radius 1 is 1.18 bits per heavy atom. The van der Waals surface area contributed by atoms with Crippen molar-refractivity contribution in [3.63, 3.8) is 0 Å². The van der Waals surface area contributed by atoms with Gasteiger partial charge in [-0.15, -0.1) is 0 Å². The number of carbonyl (C=O) groups is 1. The smallest absolute Gasteiger partial charge is 0.412 e. The average Bonchev–Trinajstić information content (AvgIpc) is 3.26. The Kier molecular flexibility index (Phi) is 4.56. The highest BCUT2D eigenvalue weighted by atomic mass is 19.1. The second-order valence-corrected chi connectivity index (χ2v) is 6.30. The molecular weight excluding hydrogens is 365 g/mol. The van der Waals surface area contributed by atoms with E-state index in [0.29, 0.717) is 41.0 Å². The monoisotopic (exact) mass is 383 g/mol. The molecule has 3 N–H and O–H groups in total. The molecule has 8 nitrogen and oxygen atoms in total. The summed E-state index contributed by atoms with van der Waals surface area (Å²) in [5, 5.41) is 13.8. The molecule has 0 spiro atoms. The van der Waals surface area contributed by atoms with Gasteiger partial charge >= 0.3 is 6.09 Å². The minimum Gasteiger partial charge on any atom is -0.497 e. The number of fused-ring (bicyclic) bond motifs is 2. The van der Waals surface area contributed by atoms with Crippen molar-refractivity contribution in [2.24, 2.45) is 0 Å². The maximum Gasteiger partial charge on any atom is 0.412 e. The molecule has 2 aromatic carbocycles. The number of nitrogens with zero attached hydrogens (tertiary/aromatic N) is 2. The SMILES string of the molecule is COc1cc(F)c2[nH]c(C)c(CCNC(=O)Oc3ccc4n[nH]nc4c3)c2c1. The van der Waals surface area contributed by atoms with E-state index in [2.05, 4.69) is 25.7 Å². The van der Waals surface area contributed by atoms with Crippen molar-refractivity contribution in [1.82, 2.24) is 25.7 Å². The molecule has 0 saturated carbocycles. The Morgan fingerprint density at radius 2 is 2.00 bits per heavy atom. The predicted molar refractivity (Wildman–Crippen MR) is 101 cm³/mol. The van der Waals surface area contributed by atoms with Crippen molar-refractivity contribution in [3.05, 3.63) is 47.4 Å². The number of aromatic nitrogens is 4. The lowest BCUT2D eigenvalue weighted by Gasteiger charge is -2.07. The first-order valence-electron chi connectivity index (χ1n) is 8.66. The fraction of sp³-hybridized carbons (Fsp3) is 0.211. The van der Waals surface area contributed by atoms with Crippen molar-refractivity contribution in [2.45, 2.75) is 13.3 Å². The third-order valence-electron chi connectivity index (χ3n) is 4.53. The number of aryl methyl sites for hydroxylation is 1. The van der Waals surface area contributed by atoms with E-state index in [1.165, 1.54) is 13.2 Å². The lowest BCUT2D eigenvalue weighted by Crippen LogP contribution is -2.28. The van der Waals surface area contributed by atoms with Crippen LogP contribution < -0.4 is 14.8 Å². The summed E-state index contributed by atoms with van der Waals surface area (Å²) in [4.78, 5) is 15.1. The van der Waals surface area contributed by atoms with E-state index in [4.69, 9.17) is 9.47 Å². The predicted octanol–water partition coefficient (Wildman–Crippen LogP) is 3.23. The van der Waals surface area contributed by atoms with Crippen molar-refractivity contribution in [2.75, 3.05) is 13.7 Å². The molecule has 4 aromatic rings. The van der Waals surface area contributed by atoms with Crippen LogP contribution in [0.1, 0.15) is 11.3 Å². The van der Waals surface area contributed by atoms with Crippen LogP contribution in [-0.2, 0) is 6.42 Å². The second-order valence-electron chi connectivity index (χ2n) is 6.30. The quantitative estimate of drug-likeness (QED) is 0.491. The van der Waals surface area contributed by atoms with Crippen LogP contribution in [0.2, 0.25) is 0 Å². The van der Waals surface area contributed by atoms with E-state index in [1.54, 1.807) is 24.3 Å². The molecule has 0 aliphatic heterocycles. The van der Waals surface area contributed by atoms with E-state index in [1.807, 2.05) is 6.92 Å². The summed E-state index contributed by atoms with van der Waals surface area (Å²) in [6.45, 7) is 2.20. The van der Waals surface area contributed by atoms with E-state index >= 15 is 0 Å². The highest BCUT2D eigenvalue weighted by molar-refractivity contribution is 5.86. The van der Waals surface area contributed by atoms with Crippen LogP contribution in [0.3, 0.4) is 0 Å². The summed E-state index contributed by atoms with van der Waals surface area (Å²) >= 11 is 0. The first kappa shape index (κ1) is 17.8. The van der Waals surface area contributed by atoms with E-state index in [-0.39, 0.29) is 5.82 Å². The van der Waals surface area contributed by atoms with Crippen molar-refractivity contribution in [1.29, 1.82) is 0 Å². The maximum absolute atomic E-state index is 14.2. The molecule has 2 aromatic heterocycles. The first-order chi connectivity index (χ1) is 13.5. The van der Waals surface area contributed by atoms with Gasteiger partial charge in [-0.1, -0.05) is 0 Å². The van der Waals surface area contributed by atoms with Gasteiger partial charge in [0.1, 0.15) is 22.5 Å². The van der Waals surface area contributed by atoms with E-state index in [0.717, 1.165) is 16.6 Å². The van der Waals surface area contributed by atoms with Crippen LogP contribution >= 0.6 is 0 Å². The van der Waals surface area contributed by atoms with Gasteiger partial charge < -0.3 is 19.8 Å². The number of methoxy groups -OCH3 is 1. The summed E-state index contributed by atoms with van der Waals surface area (Å²) in [7, 11) is 1.49. The zero-order valence-electron chi connectivity index (χ0n) is 15.3. The molecule has 0 bridgehead atoms. The number of amides is 1. The Labute approximate surface area is 159 Å². The number of halogens is 1. The molecule has 0 atom stereocenters. The third-order valence-corrected chi connectivity index (χ3v) is 4.53. The standard InChI is InChI=1S/C19H18FN5O3/c1-10-13(14-7-12(27-2)8-15(20)18(14)22-10)5-6-21-19(26)28-11-3-4-16-17(9-11)24-25-23-16/h3-4,7-9,22H,5-6H2,1-2H3,(H,21,26)(H,23,24,25). The van der Waals surface area contributed by atoms with Gasteiger partial charge in [-0.05, 0) is 37.1 Å². The van der Waals surface area contributed by atoms with Gasteiger partial charge in [0.15, 0.2) is 5.82 Å². The van der Waals surface area contributed by atoms with Gasteiger partial charge in [-0.2, -0.15) is 15.4 Å². The van der Waals surface area contributed by atoms with Gasteiger partial charge in [-0.3, -0.25) is 0 Å². The Balaban J connectivity index is 1.42. The highest BCUT2D eigenvalue weighted by Gasteiger charge is 2.14. The molecule has 28 heavy (non-hydrogen) atoms. The number of ether oxygens (including phenoxy) is 2. The number of benzene rings is 2. The van der Waals surface area contributed by atoms with Gasteiger partial charge in [0.25, 0.3) is 0 Å². The molecule has 0 fully saturated rings. The molecule has 0 saturated heterocycles. The summed E-state index contributed by atoms with van der Waals surface area (Å²) in [5.74, 6) is 0.439. The van der Waals surface area contributed by atoms with Crippen LogP contribution in [0, 0.1) is 12.7 Å². The highest BCUT2D eigenvalue weighted by Crippen LogP contribution is 2.29. The Morgan fingerprint density at radius 3 is 2.82 bits per heavy atom. The minimum atomic E-state index is -0.580. The molecule has 0 aliphatic carbocycles. The second kappa shape index (κ2) is 7.18. The largest absolute Gasteiger partial charge is 0.497 e. The van der Waals surface area contributed by atoms with E-state index < -0.39 is 6.09 Å². The number of carbonyl (C=O) groups excluding carboxylic acids is 1. The normalized spacial score (nSPS) is 11.1. The van der Waals surface area contributed by atoms with Gasteiger partial charge in [0.2, 0.25) is 0 Å². The van der Waals surface area contributed by atoms with Crippen molar-refractivity contribution in [3.8, 4) is 11.5 Å². The maximum atomic E-state index is 14.2. The molecule has 0 aliphatic rings. The zero-order valence-corrected chi connectivity index (χ0v) is 15.3. The molecule has 4 rings (SSSR count). The fourth-order valence-corrected chi connectivity index (χ4v) is 3.17. The van der Waals surface area contributed by atoms with Crippen LogP contribution in [0.5, 0.6) is 11.5 Å². The van der Waals surface area contributed by atoms with Crippen LogP contribution in [0.4, 0.5) is 9.18 Å².